The van der Waals surface area contributed by atoms with Gasteiger partial charge in [0.1, 0.15) is 4.90 Å². The molecule has 5 nitrogen and oxygen atoms in total. The first-order chi connectivity index (χ1) is 9.83. The summed E-state index contributed by atoms with van der Waals surface area (Å²) >= 11 is 0. The van der Waals surface area contributed by atoms with Gasteiger partial charge in [-0.1, -0.05) is 0 Å². The molecule has 0 bridgehead atoms. The molecule has 0 radical (unpaired) electrons. The molecule has 0 amide bonds. The molecule has 0 saturated carbocycles. The summed E-state index contributed by atoms with van der Waals surface area (Å²) in [7, 11) is -2.14. The highest BCUT2D eigenvalue weighted by atomic mass is 32.2. The molecule has 118 valence electrons. The number of halogens is 2. The fourth-order valence-electron chi connectivity index (χ4n) is 2.43. The second-order valence-electron chi connectivity index (χ2n) is 5.36. The Balaban J connectivity index is 2.17. The van der Waals surface area contributed by atoms with E-state index in [1.165, 1.54) is 0 Å². The van der Waals surface area contributed by atoms with E-state index in [9.17, 15) is 17.2 Å². The van der Waals surface area contributed by atoms with Gasteiger partial charge in [-0.3, -0.25) is 0 Å². The van der Waals surface area contributed by atoms with E-state index in [1.54, 1.807) is 0 Å². The van der Waals surface area contributed by atoms with Crippen LogP contribution in [0.15, 0.2) is 17.0 Å². The Hall–Kier alpha value is -1.09. The quantitative estimate of drug-likeness (QED) is 0.836. The maximum Gasteiger partial charge on any atom is 0.243 e. The van der Waals surface area contributed by atoms with E-state index in [0.29, 0.717) is 0 Å². The zero-order chi connectivity index (χ0) is 15.6. The highest BCUT2D eigenvalue weighted by Gasteiger charge is 2.26. The van der Waals surface area contributed by atoms with E-state index in [2.05, 4.69) is 9.62 Å². The first-order valence-corrected chi connectivity index (χ1v) is 8.18. The molecule has 1 fully saturated rings. The van der Waals surface area contributed by atoms with Gasteiger partial charge in [0.05, 0.1) is 0 Å². The Kier molecular flexibility index (Phi) is 4.92. The number of benzene rings is 1. The van der Waals surface area contributed by atoms with Crippen molar-refractivity contribution in [3.8, 4) is 0 Å². The van der Waals surface area contributed by atoms with Gasteiger partial charge in [-0.25, -0.2) is 21.9 Å². The summed E-state index contributed by atoms with van der Waals surface area (Å²) in [6, 6.07) is 1.97. The van der Waals surface area contributed by atoms with E-state index < -0.39 is 26.6 Å². The molecule has 3 N–H and O–H groups in total. The van der Waals surface area contributed by atoms with Crippen molar-refractivity contribution in [2.24, 2.45) is 11.7 Å². The summed E-state index contributed by atoms with van der Waals surface area (Å²) < 4.78 is 53.8. The van der Waals surface area contributed by atoms with Crippen LogP contribution in [-0.2, 0) is 16.6 Å². The van der Waals surface area contributed by atoms with Gasteiger partial charge >= 0.3 is 0 Å². The number of sulfonamides is 1. The molecule has 2 rings (SSSR count). The SMILES string of the molecule is CN1CCC(CNS(=O)(=O)c2cc(CN)cc(F)c2F)C1. The number of hydrogen-bond acceptors (Lipinski definition) is 4. The van der Waals surface area contributed by atoms with Gasteiger partial charge in [0.2, 0.25) is 10.0 Å². The van der Waals surface area contributed by atoms with Crippen LogP contribution in [0.4, 0.5) is 8.78 Å². The highest BCUT2D eigenvalue weighted by molar-refractivity contribution is 7.89. The number of rotatable bonds is 5. The Labute approximate surface area is 123 Å². The molecule has 1 aromatic rings. The zero-order valence-electron chi connectivity index (χ0n) is 11.8. The number of nitrogens with one attached hydrogen (secondary N) is 1. The van der Waals surface area contributed by atoms with Crippen molar-refractivity contribution in [2.75, 3.05) is 26.7 Å². The summed E-state index contributed by atoms with van der Waals surface area (Å²) in [6.07, 6.45) is 0.874. The normalized spacial score (nSPS) is 20.1. The van der Waals surface area contributed by atoms with E-state index in [-0.39, 0.29) is 24.6 Å². The first kappa shape index (κ1) is 16.3. The van der Waals surface area contributed by atoms with E-state index >= 15 is 0 Å². The third-order valence-corrected chi connectivity index (χ3v) is 5.05. The molecule has 1 aliphatic rings. The van der Waals surface area contributed by atoms with E-state index in [1.807, 2.05) is 7.05 Å². The standard InChI is InChI=1S/C13H19F2N3O2S/c1-18-3-2-9(8-18)7-17-21(19,20)12-5-10(6-16)4-11(14)13(12)15/h4-5,9,17H,2-3,6-8,16H2,1H3. The molecule has 1 atom stereocenters. The predicted octanol–water partition coefficient (Wildman–Crippen LogP) is 0.654. The molecule has 0 aliphatic carbocycles. The van der Waals surface area contributed by atoms with Crippen molar-refractivity contribution in [2.45, 2.75) is 17.9 Å². The number of likely N-dealkylation sites (tertiary alicyclic amines) is 1. The molecule has 21 heavy (non-hydrogen) atoms. The lowest BCUT2D eigenvalue weighted by Gasteiger charge is -2.13. The molecule has 1 unspecified atom stereocenters. The van der Waals surface area contributed by atoms with Crippen LogP contribution in [-0.4, -0.2) is 40.0 Å². The molecular weight excluding hydrogens is 300 g/mol. The van der Waals surface area contributed by atoms with Crippen LogP contribution in [0, 0.1) is 17.6 Å². The Bertz CT molecular complexity index is 622. The van der Waals surface area contributed by atoms with Gasteiger partial charge in [0.15, 0.2) is 11.6 Å². The lowest BCUT2D eigenvalue weighted by molar-refractivity contribution is 0.394. The van der Waals surface area contributed by atoms with Crippen LogP contribution >= 0.6 is 0 Å². The van der Waals surface area contributed by atoms with Crippen molar-refractivity contribution >= 4 is 10.0 Å². The fourth-order valence-corrected chi connectivity index (χ4v) is 3.68. The van der Waals surface area contributed by atoms with Crippen LogP contribution in [0.3, 0.4) is 0 Å². The van der Waals surface area contributed by atoms with Crippen molar-refractivity contribution < 1.29 is 17.2 Å². The van der Waals surface area contributed by atoms with Crippen molar-refractivity contribution in [3.63, 3.8) is 0 Å². The topological polar surface area (TPSA) is 75.4 Å². The van der Waals surface area contributed by atoms with Crippen LogP contribution in [0.1, 0.15) is 12.0 Å². The third kappa shape index (κ3) is 3.76. The maximum absolute atomic E-state index is 13.7. The fraction of sp³-hybridized carbons (Fsp3) is 0.538. The van der Waals surface area contributed by atoms with Gasteiger partial charge in [-0.15, -0.1) is 0 Å². The summed E-state index contributed by atoms with van der Waals surface area (Å²) in [5.41, 5.74) is 5.59. The number of nitrogens with zero attached hydrogens (tertiary/aromatic N) is 1. The van der Waals surface area contributed by atoms with Crippen LogP contribution in [0.5, 0.6) is 0 Å². The predicted molar refractivity (Wildman–Crippen MR) is 75.0 cm³/mol. The zero-order valence-corrected chi connectivity index (χ0v) is 12.6. The van der Waals surface area contributed by atoms with Gasteiger partial charge in [0.25, 0.3) is 0 Å². The van der Waals surface area contributed by atoms with Gasteiger partial charge in [0, 0.05) is 19.6 Å². The minimum Gasteiger partial charge on any atom is -0.326 e. The number of hydrogen-bond donors (Lipinski definition) is 2. The average molecular weight is 319 g/mol. The van der Waals surface area contributed by atoms with Gasteiger partial charge in [-0.2, -0.15) is 0 Å². The molecule has 0 aromatic heterocycles. The molecule has 1 saturated heterocycles. The average Bonchev–Trinajstić information content (AvgIpc) is 2.85. The smallest absolute Gasteiger partial charge is 0.243 e. The maximum atomic E-state index is 13.7. The largest absolute Gasteiger partial charge is 0.326 e. The second kappa shape index (κ2) is 6.35. The molecule has 1 aliphatic heterocycles. The molecule has 8 heteroatoms. The van der Waals surface area contributed by atoms with Gasteiger partial charge < -0.3 is 10.6 Å². The highest BCUT2D eigenvalue weighted by Crippen LogP contribution is 2.20. The first-order valence-electron chi connectivity index (χ1n) is 6.69. The Morgan fingerprint density at radius 1 is 1.43 bits per heavy atom. The van der Waals surface area contributed by atoms with Crippen molar-refractivity contribution in [1.82, 2.24) is 9.62 Å². The monoisotopic (exact) mass is 319 g/mol. The van der Waals surface area contributed by atoms with Gasteiger partial charge in [-0.05, 0) is 43.6 Å². The Morgan fingerprint density at radius 2 is 2.14 bits per heavy atom. The minimum absolute atomic E-state index is 0.0624. The molecule has 1 aromatic carbocycles. The van der Waals surface area contributed by atoms with E-state index in [0.717, 1.165) is 31.6 Å². The van der Waals surface area contributed by atoms with E-state index in [4.69, 9.17) is 5.73 Å². The van der Waals surface area contributed by atoms with Crippen LogP contribution < -0.4 is 10.5 Å². The van der Waals surface area contributed by atoms with Crippen LogP contribution in [0.25, 0.3) is 0 Å². The summed E-state index contributed by atoms with van der Waals surface area (Å²) in [5, 5.41) is 0. The number of nitrogens with two attached hydrogens (primary N) is 1. The minimum atomic E-state index is -4.09. The summed E-state index contributed by atoms with van der Waals surface area (Å²) in [4.78, 5) is 1.41. The van der Waals surface area contributed by atoms with Crippen molar-refractivity contribution in [3.05, 3.63) is 29.3 Å². The van der Waals surface area contributed by atoms with Crippen molar-refractivity contribution in [1.29, 1.82) is 0 Å². The second-order valence-corrected chi connectivity index (χ2v) is 7.10. The summed E-state index contributed by atoms with van der Waals surface area (Å²) in [5.74, 6) is -2.41. The molecule has 1 heterocycles. The molecular formula is C13H19F2N3O2S. The lowest BCUT2D eigenvalue weighted by Crippen LogP contribution is -2.31. The van der Waals surface area contributed by atoms with Crippen LogP contribution in [0.2, 0.25) is 0 Å². The third-order valence-electron chi connectivity index (χ3n) is 3.63. The Morgan fingerprint density at radius 3 is 2.71 bits per heavy atom. The lowest BCUT2D eigenvalue weighted by atomic mass is 10.1. The summed E-state index contributed by atoms with van der Waals surface area (Å²) in [6.45, 7) is 1.83. The molecule has 0 spiro atoms.